The Balaban J connectivity index is 1.70. The van der Waals surface area contributed by atoms with Crippen molar-refractivity contribution < 1.29 is 34.5 Å². The Morgan fingerprint density at radius 1 is 1.03 bits per heavy atom. The number of hydrogen-bond acceptors (Lipinski definition) is 5. The molecule has 0 saturated carbocycles. The van der Waals surface area contributed by atoms with Gasteiger partial charge in [0.1, 0.15) is 0 Å². The number of nitrogens with one attached hydrogen (secondary N) is 1. The highest BCUT2D eigenvalue weighted by Gasteiger charge is 2.31. The molecule has 0 unspecified atom stereocenters. The zero-order chi connectivity index (χ0) is 25.5. The Kier molecular flexibility index (Phi) is 8.84. The fraction of sp³-hybridized carbons (Fsp3) is 0.360. The summed E-state index contributed by atoms with van der Waals surface area (Å²) >= 11 is 6.46. The van der Waals surface area contributed by atoms with Crippen LogP contribution >= 0.6 is 11.6 Å². The third-order valence-corrected chi connectivity index (χ3v) is 6.37. The number of benzene rings is 2. The van der Waals surface area contributed by atoms with Gasteiger partial charge < -0.3 is 25.5 Å². The number of carboxylic acids is 2. The molecule has 0 radical (unpaired) electrons. The van der Waals surface area contributed by atoms with Crippen LogP contribution in [0.25, 0.3) is 11.1 Å². The van der Waals surface area contributed by atoms with Gasteiger partial charge in [0.15, 0.2) is 6.10 Å². The maximum absolute atomic E-state index is 12.6. The van der Waals surface area contributed by atoms with Gasteiger partial charge in [0, 0.05) is 36.1 Å². The molecule has 4 N–H and O–H groups in total. The summed E-state index contributed by atoms with van der Waals surface area (Å²) in [6.45, 7) is 0.282. The van der Waals surface area contributed by atoms with E-state index in [9.17, 15) is 24.3 Å². The van der Waals surface area contributed by atoms with Gasteiger partial charge in [-0.05, 0) is 36.5 Å². The van der Waals surface area contributed by atoms with Crippen LogP contribution in [0, 0.1) is 5.92 Å². The average molecular weight is 503 g/mol. The summed E-state index contributed by atoms with van der Waals surface area (Å²) in [5.74, 6) is -4.68. The first-order chi connectivity index (χ1) is 16.7. The summed E-state index contributed by atoms with van der Waals surface area (Å²) in [6, 6.07) is 14.0. The van der Waals surface area contributed by atoms with Crippen molar-refractivity contribution in [2.24, 2.45) is 5.92 Å². The summed E-state index contributed by atoms with van der Waals surface area (Å²) in [5.41, 5.74) is 2.42. The van der Waals surface area contributed by atoms with Gasteiger partial charge >= 0.3 is 23.8 Å². The lowest BCUT2D eigenvalue weighted by Crippen LogP contribution is -2.50. The number of carbonyl (C=O) groups excluding carboxylic acids is 2. The minimum atomic E-state index is -1.74. The second kappa shape index (κ2) is 11.8. The van der Waals surface area contributed by atoms with Crippen molar-refractivity contribution in [1.29, 1.82) is 0 Å². The maximum atomic E-state index is 12.6. The number of carbonyl (C=O) groups is 4. The smallest absolute Gasteiger partial charge is 0.332 e. The molecule has 0 bridgehead atoms. The van der Waals surface area contributed by atoms with Crippen LogP contribution in [0.15, 0.2) is 48.5 Å². The molecule has 0 spiro atoms. The summed E-state index contributed by atoms with van der Waals surface area (Å²) < 4.78 is 0. The number of hydrogen-bond donors (Lipinski definition) is 4. The molecule has 2 aromatic carbocycles. The summed E-state index contributed by atoms with van der Waals surface area (Å²) in [6.07, 6.45) is -1.41. The van der Waals surface area contributed by atoms with E-state index < -0.39 is 41.8 Å². The van der Waals surface area contributed by atoms with E-state index in [0.29, 0.717) is 10.6 Å². The average Bonchev–Trinajstić information content (AvgIpc) is 2.84. The van der Waals surface area contributed by atoms with Crippen LogP contribution in [0.4, 0.5) is 0 Å². The van der Waals surface area contributed by atoms with E-state index in [1.165, 1.54) is 4.90 Å². The van der Waals surface area contributed by atoms with Crippen molar-refractivity contribution in [3.05, 3.63) is 59.1 Å². The number of carboxylic acid groups (broad SMARTS) is 2. The predicted octanol–water partition coefficient (Wildman–Crippen LogP) is 2.19. The lowest BCUT2D eigenvalue weighted by atomic mass is 9.96. The first-order valence-corrected chi connectivity index (χ1v) is 11.6. The van der Waals surface area contributed by atoms with Gasteiger partial charge in [-0.25, -0.2) is 4.79 Å². The molecule has 3 rings (SSSR count). The van der Waals surface area contributed by atoms with Gasteiger partial charge in [0.05, 0.1) is 5.92 Å². The fourth-order valence-corrected chi connectivity index (χ4v) is 4.42. The number of piperidine rings is 1. The molecule has 0 aliphatic carbocycles. The summed E-state index contributed by atoms with van der Waals surface area (Å²) in [5, 5.41) is 31.1. The highest BCUT2D eigenvalue weighted by Crippen LogP contribution is 2.29. The quantitative estimate of drug-likeness (QED) is 0.405. The Morgan fingerprint density at radius 2 is 1.69 bits per heavy atom. The van der Waals surface area contributed by atoms with Crippen LogP contribution < -0.4 is 5.32 Å². The molecule has 9 nitrogen and oxygen atoms in total. The molecule has 186 valence electrons. The summed E-state index contributed by atoms with van der Waals surface area (Å²) in [4.78, 5) is 48.8. The molecule has 1 aliphatic heterocycles. The Morgan fingerprint density at radius 3 is 2.26 bits per heavy atom. The molecule has 0 aromatic heterocycles. The number of rotatable bonds is 8. The molecule has 10 heteroatoms. The molecule has 2 aromatic rings. The van der Waals surface area contributed by atoms with Gasteiger partial charge in [0.25, 0.3) is 0 Å². The molecular formula is C25H27ClN2O7. The highest BCUT2D eigenvalue weighted by atomic mass is 35.5. The first kappa shape index (κ1) is 26.2. The van der Waals surface area contributed by atoms with E-state index in [1.54, 1.807) is 12.1 Å². The SMILES string of the molecule is O=C(N[C@H](Cc1ccc(-c2ccccc2)c(Cl)c1)C[C@@H](O)C(=O)O)C(=O)N1CCC(C(=O)O)CC1. The van der Waals surface area contributed by atoms with E-state index in [0.717, 1.165) is 11.1 Å². The topological polar surface area (TPSA) is 144 Å². The summed E-state index contributed by atoms with van der Waals surface area (Å²) in [7, 11) is 0. The molecule has 1 heterocycles. The van der Waals surface area contributed by atoms with Crippen molar-refractivity contribution in [2.75, 3.05) is 13.1 Å². The van der Waals surface area contributed by atoms with E-state index in [2.05, 4.69) is 5.32 Å². The van der Waals surface area contributed by atoms with Crippen molar-refractivity contribution in [3.8, 4) is 11.1 Å². The Labute approximate surface area is 207 Å². The monoisotopic (exact) mass is 502 g/mol. The molecule has 2 amide bonds. The minimum absolute atomic E-state index is 0.138. The number of aliphatic carboxylic acids is 2. The molecule has 1 fully saturated rings. The zero-order valence-corrected chi connectivity index (χ0v) is 19.6. The van der Waals surface area contributed by atoms with Gasteiger partial charge in [-0.2, -0.15) is 0 Å². The third kappa shape index (κ3) is 7.03. The zero-order valence-electron chi connectivity index (χ0n) is 18.9. The number of likely N-dealkylation sites (tertiary alicyclic amines) is 1. The van der Waals surface area contributed by atoms with Gasteiger partial charge in [-0.1, -0.05) is 54.1 Å². The van der Waals surface area contributed by atoms with Gasteiger partial charge in [-0.15, -0.1) is 0 Å². The number of amides is 2. The molecule has 2 atom stereocenters. The minimum Gasteiger partial charge on any atom is -0.481 e. The van der Waals surface area contributed by atoms with E-state index in [1.807, 2.05) is 36.4 Å². The van der Waals surface area contributed by atoms with Crippen molar-refractivity contribution in [3.63, 3.8) is 0 Å². The van der Waals surface area contributed by atoms with Crippen molar-refractivity contribution >= 4 is 35.4 Å². The van der Waals surface area contributed by atoms with Crippen LogP contribution in [0.1, 0.15) is 24.8 Å². The Bertz CT molecular complexity index is 1080. The van der Waals surface area contributed by atoms with Crippen molar-refractivity contribution in [1.82, 2.24) is 10.2 Å². The number of nitrogens with zero attached hydrogens (tertiary/aromatic N) is 1. The van der Waals surface area contributed by atoms with Crippen LogP contribution in [0.3, 0.4) is 0 Å². The van der Waals surface area contributed by atoms with Crippen LogP contribution in [0.2, 0.25) is 5.02 Å². The lowest BCUT2D eigenvalue weighted by molar-refractivity contribution is -0.150. The number of aliphatic hydroxyl groups is 1. The second-order valence-corrected chi connectivity index (χ2v) is 8.96. The van der Waals surface area contributed by atoms with Crippen LogP contribution in [0.5, 0.6) is 0 Å². The van der Waals surface area contributed by atoms with Crippen LogP contribution in [-0.4, -0.2) is 69.2 Å². The second-order valence-electron chi connectivity index (χ2n) is 8.55. The van der Waals surface area contributed by atoms with E-state index in [4.69, 9.17) is 21.8 Å². The lowest BCUT2D eigenvalue weighted by Gasteiger charge is -2.30. The molecule has 1 saturated heterocycles. The standard InChI is InChI=1S/C25H27ClN2O7/c26-20-13-15(6-7-19(20)16-4-2-1-3-5-16)12-18(14-21(29)25(34)35)27-22(30)23(31)28-10-8-17(9-11-28)24(32)33/h1-7,13,17-18,21,29H,8-12,14H2,(H,27,30)(H,32,33)(H,34,35)/t18-,21-/m1/s1. The van der Waals surface area contributed by atoms with E-state index >= 15 is 0 Å². The van der Waals surface area contributed by atoms with Crippen molar-refractivity contribution in [2.45, 2.75) is 37.8 Å². The number of aliphatic hydroxyl groups excluding tert-OH is 1. The van der Waals surface area contributed by atoms with Gasteiger partial charge in [-0.3, -0.25) is 14.4 Å². The molecular weight excluding hydrogens is 476 g/mol. The highest BCUT2D eigenvalue weighted by molar-refractivity contribution is 6.35. The van der Waals surface area contributed by atoms with E-state index in [-0.39, 0.29) is 38.8 Å². The predicted molar refractivity (Wildman–Crippen MR) is 128 cm³/mol. The third-order valence-electron chi connectivity index (χ3n) is 6.05. The Hall–Kier alpha value is -3.43. The first-order valence-electron chi connectivity index (χ1n) is 11.2. The molecule has 1 aliphatic rings. The molecule has 35 heavy (non-hydrogen) atoms. The fourth-order valence-electron chi connectivity index (χ4n) is 4.11. The van der Waals surface area contributed by atoms with Gasteiger partial charge in [0.2, 0.25) is 0 Å². The largest absolute Gasteiger partial charge is 0.481 e. The normalized spacial score (nSPS) is 15.8. The van der Waals surface area contributed by atoms with Crippen LogP contribution in [-0.2, 0) is 25.6 Å². The maximum Gasteiger partial charge on any atom is 0.332 e. The number of halogens is 1.